The van der Waals surface area contributed by atoms with Crippen LogP contribution in [0, 0.1) is 5.92 Å². The van der Waals surface area contributed by atoms with Gasteiger partial charge in [0.25, 0.3) is 0 Å². The average Bonchev–Trinajstić information content (AvgIpc) is 2.73. The molecule has 0 spiro atoms. The lowest BCUT2D eigenvalue weighted by molar-refractivity contribution is 0.250. The number of aliphatic hydroxyl groups is 1. The first-order chi connectivity index (χ1) is 8.10. The summed E-state index contributed by atoms with van der Waals surface area (Å²) >= 11 is 5.85. The highest BCUT2D eigenvalue weighted by atomic mass is 35.5. The molecule has 2 rings (SSSR count). The summed E-state index contributed by atoms with van der Waals surface area (Å²) in [5, 5.41) is 12.5. The SMILES string of the molecule is Nc1cc(NC2C=CC(CO)C2)c(N)c(Cl)n1. The van der Waals surface area contributed by atoms with Gasteiger partial charge in [-0.25, -0.2) is 4.98 Å². The van der Waals surface area contributed by atoms with Crippen LogP contribution in [0.4, 0.5) is 17.2 Å². The molecular formula is C11H15ClN4O. The molecule has 5 nitrogen and oxygen atoms in total. The molecule has 1 aromatic heterocycles. The molecule has 2 atom stereocenters. The molecule has 0 saturated carbocycles. The average molecular weight is 255 g/mol. The van der Waals surface area contributed by atoms with Gasteiger partial charge in [-0.3, -0.25) is 0 Å². The van der Waals surface area contributed by atoms with Crippen molar-refractivity contribution in [2.45, 2.75) is 12.5 Å². The molecule has 0 saturated heterocycles. The lowest BCUT2D eigenvalue weighted by atomic mass is 10.1. The second-order valence-electron chi connectivity index (χ2n) is 4.11. The number of nitrogens with two attached hydrogens (primary N) is 2. The zero-order valence-corrected chi connectivity index (χ0v) is 9.98. The van der Waals surface area contributed by atoms with Crippen molar-refractivity contribution in [3.63, 3.8) is 0 Å². The van der Waals surface area contributed by atoms with Crippen LogP contribution in [-0.2, 0) is 0 Å². The van der Waals surface area contributed by atoms with Gasteiger partial charge in [0.05, 0.1) is 11.4 Å². The van der Waals surface area contributed by atoms with E-state index < -0.39 is 0 Å². The Kier molecular flexibility index (Phi) is 3.40. The maximum absolute atomic E-state index is 9.04. The third kappa shape index (κ3) is 2.62. The van der Waals surface area contributed by atoms with Crippen LogP contribution in [0.3, 0.4) is 0 Å². The highest BCUT2D eigenvalue weighted by Gasteiger charge is 2.19. The van der Waals surface area contributed by atoms with Gasteiger partial charge in [-0.1, -0.05) is 23.8 Å². The van der Waals surface area contributed by atoms with Crippen LogP contribution in [-0.4, -0.2) is 22.7 Å². The van der Waals surface area contributed by atoms with Crippen LogP contribution in [0.1, 0.15) is 6.42 Å². The van der Waals surface area contributed by atoms with E-state index in [9.17, 15) is 0 Å². The Bertz CT molecular complexity index is 449. The number of nitrogens with one attached hydrogen (secondary N) is 1. The lowest BCUT2D eigenvalue weighted by Crippen LogP contribution is -2.18. The van der Waals surface area contributed by atoms with E-state index in [1.165, 1.54) is 0 Å². The first-order valence-corrected chi connectivity index (χ1v) is 5.75. The Morgan fingerprint density at radius 1 is 1.47 bits per heavy atom. The molecule has 6 heteroatoms. The normalized spacial score (nSPS) is 22.9. The molecule has 0 bridgehead atoms. The van der Waals surface area contributed by atoms with Gasteiger partial charge in [0.15, 0.2) is 5.15 Å². The number of rotatable bonds is 3. The van der Waals surface area contributed by atoms with Crippen molar-refractivity contribution in [1.82, 2.24) is 4.98 Å². The number of anilines is 3. The highest BCUT2D eigenvalue weighted by molar-refractivity contribution is 6.32. The van der Waals surface area contributed by atoms with Crippen molar-refractivity contribution < 1.29 is 5.11 Å². The first kappa shape index (κ1) is 12.0. The Morgan fingerprint density at radius 2 is 2.24 bits per heavy atom. The number of nitrogen functional groups attached to an aromatic ring is 2. The summed E-state index contributed by atoms with van der Waals surface area (Å²) in [4.78, 5) is 3.86. The Labute approximate surface area is 104 Å². The maximum atomic E-state index is 9.04. The van der Waals surface area contributed by atoms with Crippen LogP contribution >= 0.6 is 11.6 Å². The Hall–Kier alpha value is -1.46. The van der Waals surface area contributed by atoms with Crippen molar-refractivity contribution in [1.29, 1.82) is 0 Å². The summed E-state index contributed by atoms with van der Waals surface area (Å²) in [5.74, 6) is 0.524. The summed E-state index contributed by atoms with van der Waals surface area (Å²) in [6.45, 7) is 0.156. The fourth-order valence-corrected chi connectivity index (χ4v) is 2.08. The van der Waals surface area contributed by atoms with Crippen molar-refractivity contribution in [2.24, 2.45) is 5.92 Å². The molecular weight excluding hydrogens is 240 g/mol. The predicted octanol–water partition coefficient (Wildman–Crippen LogP) is 1.25. The molecule has 0 aromatic carbocycles. The molecule has 0 radical (unpaired) electrons. The van der Waals surface area contributed by atoms with Crippen molar-refractivity contribution in [3.8, 4) is 0 Å². The zero-order chi connectivity index (χ0) is 12.4. The van der Waals surface area contributed by atoms with Gasteiger partial charge in [0.2, 0.25) is 0 Å². The van der Waals surface area contributed by atoms with Gasteiger partial charge in [0, 0.05) is 24.6 Å². The topological polar surface area (TPSA) is 97.2 Å². The van der Waals surface area contributed by atoms with Crippen LogP contribution in [0.25, 0.3) is 0 Å². The van der Waals surface area contributed by atoms with E-state index in [0.717, 1.165) is 6.42 Å². The van der Waals surface area contributed by atoms with Crippen LogP contribution < -0.4 is 16.8 Å². The number of hydrogen-bond acceptors (Lipinski definition) is 5. The number of halogens is 1. The number of aliphatic hydroxyl groups excluding tert-OH is 1. The Morgan fingerprint density at radius 3 is 2.88 bits per heavy atom. The fraction of sp³-hybridized carbons (Fsp3) is 0.364. The molecule has 2 unspecified atom stereocenters. The van der Waals surface area contributed by atoms with Gasteiger partial charge < -0.3 is 21.9 Å². The van der Waals surface area contributed by atoms with E-state index in [4.69, 9.17) is 28.2 Å². The molecule has 0 aliphatic heterocycles. The lowest BCUT2D eigenvalue weighted by Gasteiger charge is -2.16. The number of aromatic nitrogens is 1. The van der Waals surface area contributed by atoms with E-state index in [0.29, 0.717) is 17.2 Å². The highest BCUT2D eigenvalue weighted by Crippen LogP contribution is 2.30. The molecule has 92 valence electrons. The summed E-state index contributed by atoms with van der Waals surface area (Å²) < 4.78 is 0. The second kappa shape index (κ2) is 4.81. The quantitative estimate of drug-likeness (QED) is 0.481. The van der Waals surface area contributed by atoms with Crippen LogP contribution in [0.5, 0.6) is 0 Å². The molecule has 0 fully saturated rings. The van der Waals surface area contributed by atoms with Gasteiger partial charge in [-0.05, 0) is 6.42 Å². The maximum Gasteiger partial charge on any atom is 0.156 e. The monoisotopic (exact) mass is 254 g/mol. The summed E-state index contributed by atoms with van der Waals surface area (Å²) in [7, 11) is 0. The van der Waals surface area contributed by atoms with Gasteiger partial charge in [-0.15, -0.1) is 0 Å². The van der Waals surface area contributed by atoms with E-state index >= 15 is 0 Å². The summed E-state index contributed by atoms with van der Waals surface area (Å²) in [6, 6.07) is 1.79. The van der Waals surface area contributed by atoms with Crippen LogP contribution in [0.2, 0.25) is 5.15 Å². The van der Waals surface area contributed by atoms with Crippen molar-refractivity contribution in [3.05, 3.63) is 23.4 Å². The van der Waals surface area contributed by atoms with Crippen molar-refractivity contribution in [2.75, 3.05) is 23.4 Å². The zero-order valence-electron chi connectivity index (χ0n) is 9.23. The smallest absolute Gasteiger partial charge is 0.156 e. The van der Waals surface area contributed by atoms with Gasteiger partial charge in [-0.2, -0.15) is 0 Å². The molecule has 1 aromatic rings. The van der Waals surface area contributed by atoms with Crippen molar-refractivity contribution >= 4 is 28.8 Å². The first-order valence-electron chi connectivity index (χ1n) is 5.37. The minimum Gasteiger partial charge on any atom is -0.396 e. The molecule has 17 heavy (non-hydrogen) atoms. The van der Waals surface area contributed by atoms with Gasteiger partial charge in [0.1, 0.15) is 5.82 Å². The number of nitrogens with zero attached hydrogens (tertiary/aromatic N) is 1. The van der Waals surface area contributed by atoms with Crippen LogP contribution in [0.15, 0.2) is 18.2 Å². The third-order valence-electron chi connectivity index (χ3n) is 2.78. The minimum atomic E-state index is 0.132. The number of hydrogen-bond donors (Lipinski definition) is 4. The summed E-state index contributed by atoms with van der Waals surface area (Å²) in [5.41, 5.74) is 12.5. The predicted molar refractivity (Wildman–Crippen MR) is 69.8 cm³/mol. The Balaban J connectivity index is 2.12. The van der Waals surface area contributed by atoms with Gasteiger partial charge >= 0.3 is 0 Å². The van der Waals surface area contributed by atoms with E-state index in [1.54, 1.807) is 6.07 Å². The summed E-state index contributed by atoms with van der Waals surface area (Å²) in [6.07, 6.45) is 4.82. The minimum absolute atomic E-state index is 0.132. The fourth-order valence-electron chi connectivity index (χ4n) is 1.88. The largest absolute Gasteiger partial charge is 0.396 e. The van der Waals surface area contributed by atoms with E-state index in [-0.39, 0.29) is 23.7 Å². The standard InChI is InChI=1S/C11H15ClN4O/c12-11-10(14)8(4-9(13)16-11)15-7-2-1-6(3-7)5-17/h1-2,4,6-7,17H,3,5,14H2,(H3,13,15,16). The molecule has 1 aliphatic carbocycles. The van der Waals surface area contributed by atoms with E-state index in [1.807, 2.05) is 12.2 Å². The molecule has 1 aliphatic rings. The molecule has 1 heterocycles. The molecule has 6 N–H and O–H groups in total. The second-order valence-corrected chi connectivity index (χ2v) is 4.47. The molecule has 0 amide bonds. The third-order valence-corrected chi connectivity index (χ3v) is 3.07. The van der Waals surface area contributed by atoms with E-state index in [2.05, 4.69) is 10.3 Å². The number of pyridine rings is 1.